The van der Waals surface area contributed by atoms with Crippen LogP contribution in [0.3, 0.4) is 0 Å². The molecule has 80 valence electrons. The molecule has 3 nitrogen and oxygen atoms in total. The Hall–Kier alpha value is -2.21. The normalized spacial score (nSPS) is 9.81. The third-order valence-corrected chi connectivity index (χ3v) is 2.36. The zero-order chi connectivity index (χ0) is 11.5. The third kappa shape index (κ3) is 2.06. The van der Waals surface area contributed by atoms with Crippen molar-refractivity contribution in [2.24, 2.45) is 7.05 Å². The second kappa shape index (κ2) is 4.11. The van der Waals surface area contributed by atoms with Crippen LogP contribution in [0.25, 0.3) is 10.9 Å². The van der Waals surface area contributed by atoms with Crippen LogP contribution in [0.2, 0.25) is 0 Å². The molecule has 0 bridgehead atoms. The first-order valence-electron chi connectivity index (χ1n) is 4.92. The van der Waals surface area contributed by atoms with E-state index in [1.807, 2.05) is 42.1 Å². The SMILES string of the molecule is Cn1ccc2cc(C#CCC(=O)O)ccc21. The number of aliphatic carboxylic acids is 1. The predicted octanol–water partition coefficient (Wildman–Crippen LogP) is 2.00. The Bertz CT molecular complexity index is 599. The maximum absolute atomic E-state index is 10.3. The Labute approximate surface area is 93.3 Å². The number of hydrogen-bond donors (Lipinski definition) is 1. The summed E-state index contributed by atoms with van der Waals surface area (Å²) in [5, 5.41) is 9.58. The van der Waals surface area contributed by atoms with Crippen molar-refractivity contribution in [3.8, 4) is 11.8 Å². The molecule has 0 spiro atoms. The van der Waals surface area contributed by atoms with E-state index in [-0.39, 0.29) is 6.42 Å². The Morgan fingerprint density at radius 3 is 3.00 bits per heavy atom. The minimum Gasteiger partial charge on any atom is -0.481 e. The van der Waals surface area contributed by atoms with Crippen LogP contribution in [0.1, 0.15) is 12.0 Å². The van der Waals surface area contributed by atoms with Gasteiger partial charge in [-0.25, -0.2) is 0 Å². The van der Waals surface area contributed by atoms with Gasteiger partial charge in [-0.3, -0.25) is 4.79 Å². The topological polar surface area (TPSA) is 42.2 Å². The van der Waals surface area contributed by atoms with Crippen LogP contribution in [-0.4, -0.2) is 15.6 Å². The number of fused-ring (bicyclic) bond motifs is 1. The Kier molecular flexibility index (Phi) is 2.65. The zero-order valence-corrected chi connectivity index (χ0v) is 8.90. The molecule has 0 atom stereocenters. The largest absolute Gasteiger partial charge is 0.481 e. The number of hydrogen-bond acceptors (Lipinski definition) is 1. The van der Waals surface area contributed by atoms with Crippen LogP contribution in [0, 0.1) is 11.8 Å². The highest BCUT2D eigenvalue weighted by atomic mass is 16.4. The highest BCUT2D eigenvalue weighted by molar-refractivity contribution is 5.81. The van der Waals surface area contributed by atoms with Crippen molar-refractivity contribution in [2.45, 2.75) is 6.42 Å². The van der Waals surface area contributed by atoms with Gasteiger partial charge in [0.25, 0.3) is 0 Å². The Balaban J connectivity index is 2.31. The molecule has 2 rings (SSSR count). The lowest BCUT2D eigenvalue weighted by atomic mass is 10.1. The van der Waals surface area contributed by atoms with Gasteiger partial charge < -0.3 is 9.67 Å². The molecule has 0 saturated heterocycles. The van der Waals surface area contributed by atoms with Gasteiger partial charge in [0, 0.05) is 29.7 Å². The molecule has 0 saturated carbocycles. The molecule has 2 aromatic rings. The molecular formula is C13H11NO2. The van der Waals surface area contributed by atoms with Crippen molar-refractivity contribution in [3.63, 3.8) is 0 Å². The summed E-state index contributed by atoms with van der Waals surface area (Å²) in [6.45, 7) is 0. The van der Waals surface area contributed by atoms with Crippen molar-refractivity contribution in [2.75, 3.05) is 0 Å². The summed E-state index contributed by atoms with van der Waals surface area (Å²) < 4.78 is 2.03. The number of rotatable bonds is 1. The second-order valence-corrected chi connectivity index (χ2v) is 3.57. The number of aryl methyl sites for hydroxylation is 1. The molecule has 0 aliphatic heterocycles. The van der Waals surface area contributed by atoms with Crippen molar-refractivity contribution in [3.05, 3.63) is 36.0 Å². The van der Waals surface area contributed by atoms with Crippen molar-refractivity contribution < 1.29 is 9.90 Å². The lowest BCUT2D eigenvalue weighted by Gasteiger charge is -1.96. The van der Waals surface area contributed by atoms with Crippen molar-refractivity contribution in [1.82, 2.24) is 4.57 Å². The fraction of sp³-hybridized carbons (Fsp3) is 0.154. The van der Waals surface area contributed by atoms with Gasteiger partial charge in [0.15, 0.2) is 0 Å². The van der Waals surface area contributed by atoms with E-state index in [4.69, 9.17) is 5.11 Å². The zero-order valence-electron chi connectivity index (χ0n) is 8.90. The summed E-state index contributed by atoms with van der Waals surface area (Å²) in [5.41, 5.74) is 1.99. The lowest BCUT2D eigenvalue weighted by molar-refractivity contribution is -0.135. The number of benzene rings is 1. The van der Waals surface area contributed by atoms with Gasteiger partial charge in [-0.2, -0.15) is 0 Å². The van der Waals surface area contributed by atoms with E-state index in [0.717, 1.165) is 16.5 Å². The molecule has 0 unspecified atom stereocenters. The fourth-order valence-electron chi connectivity index (χ4n) is 1.58. The monoisotopic (exact) mass is 213 g/mol. The maximum Gasteiger partial charge on any atom is 0.315 e. The summed E-state index contributed by atoms with van der Waals surface area (Å²) in [6, 6.07) is 7.86. The smallest absolute Gasteiger partial charge is 0.315 e. The maximum atomic E-state index is 10.3. The molecule has 1 aromatic carbocycles. The molecule has 1 aromatic heterocycles. The molecule has 1 heterocycles. The molecule has 3 heteroatoms. The molecular weight excluding hydrogens is 202 g/mol. The van der Waals surface area contributed by atoms with Gasteiger partial charge in [-0.05, 0) is 24.3 Å². The highest BCUT2D eigenvalue weighted by Crippen LogP contribution is 2.15. The number of nitrogens with zero attached hydrogens (tertiary/aromatic N) is 1. The fourth-order valence-corrected chi connectivity index (χ4v) is 1.58. The van der Waals surface area contributed by atoms with Crippen LogP contribution >= 0.6 is 0 Å². The molecule has 0 aliphatic rings. The van der Waals surface area contributed by atoms with Crippen molar-refractivity contribution >= 4 is 16.9 Å². The van der Waals surface area contributed by atoms with Crippen LogP contribution in [0.5, 0.6) is 0 Å². The first kappa shape index (κ1) is 10.3. The van der Waals surface area contributed by atoms with E-state index in [1.54, 1.807) is 0 Å². The van der Waals surface area contributed by atoms with Crippen molar-refractivity contribution in [1.29, 1.82) is 0 Å². The average molecular weight is 213 g/mol. The van der Waals surface area contributed by atoms with Gasteiger partial charge in [-0.15, -0.1) is 0 Å². The Morgan fingerprint density at radius 2 is 2.25 bits per heavy atom. The van der Waals surface area contributed by atoms with E-state index in [2.05, 4.69) is 11.8 Å². The Morgan fingerprint density at radius 1 is 1.44 bits per heavy atom. The summed E-state index contributed by atoms with van der Waals surface area (Å²) >= 11 is 0. The predicted molar refractivity (Wildman–Crippen MR) is 62.0 cm³/mol. The number of aromatic nitrogens is 1. The molecule has 0 fully saturated rings. The third-order valence-electron chi connectivity index (χ3n) is 2.36. The van der Waals surface area contributed by atoms with Gasteiger partial charge in [-0.1, -0.05) is 11.8 Å². The van der Waals surface area contributed by atoms with Gasteiger partial charge >= 0.3 is 5.97 Å². The number of carbonyl (C=O) groups is 1. The number of carboxylic acids is 1. The van der Waals surface area contributed by atoms with Crippen LogP contribution in [-0.2, 0) is 11.8 Å². The second-order valence-electron chi connectivity index (χ2n) is 3.57. The first-order valence-corrected chi connectivity index (χ1v) is 4.92. The minimum atomic E-state index is -0.895. The summed E-state index contributed by atoms with van der Waals surface area (Å²) in [7, 11) is 1.98. The standard InChI is InChI=1S/C13H11NO2/c1-14-8-7-11-9-10(5-6-12(11)14)3-2-4-13(15)16/h5-9H,4H2,1H3,(H,15,16). The summed E-state index contributed by atoms with van der Waals surface area (Å²) in [5.74, 6) is 4.56. The minimum absolute atomic E-state index is 0.118. The van der Waals surface area contributed by atoms with Crippen LogP contribution in [0.4, 0.5) is 0 Å². The molecule has 0 amide bonds. The molecule has 1 N–H and O–H groups in total. The summed E-state index contributed by atoms with van der Waals surface area (Å²) in [6.07, 6.45) is 1.87. The van der Waals surface area contributed by atoms with Crippen LogP contribution < -0.4 is 0 Å². The quantitative estimate of drug-likeness (QED) is 0.736. The van der Waals surface area contributed by atoms with Gasteiger partial charge in [0.05, 0.1) is 0 Å². The van der Waals surface area contributed by atoms with E-state index >= 15 is 0 Å². The van der Waals surface area contributed by atoms with Gasteiger partial charge in [0.2, 0.25) is 0 Å². The van der Waals surface area contributed by atoms with E-state index < -0.39 is 5.97 Å². The number of carboxylic acid groups (broad SMARTS) is 1. The summed E-state index contributed by atoms with van der Waals surface area (Å²) in [4.78, 5) is 10.3. The molecule has 0 radical (unpaired) electrons. The van der Waals surface area contributed by atoms with Crippen LogP contribution in [0.15, 0.2) is 30.5 Å². The molecule has 0 aliphatic carbocycles. The highest BCUT2D eigenvalue weighted by Gasteiger charge is 1.97. The average Bonchev–Trinajstić information content (AvgIpc) is 2.60. The molecule has 16 heavy (non-hydrogen) atoms. The van der Waals surface area contributed by atoms with E-state index in [0.29, 0.717) is 0 Å². The van der Waals surface area contributed by atoms with E-state index in [9.17, 15) is 4.79 Å². The van der Waals surface area contributed by atoms with E-state index in [1.165, 1.54) is 0 Å². The lowest BCUT2D eigenvalue weighted by Crippen LogP contribution is -1.90. The van der Waals surface area contributed by atoms with Gasteiger partial charge in [0.1, 0.15) is 6.42 Å². The first-order chi connectivity index (χ1) is 7.66.